The SMILES string of the molecule is O=C(OCCc1ccccc1)C(F)(SOO[O-])C(F)(F)F. The van der Waals surface area contributed by atoms with Gasteiger partial charge in [-0.15, -0.1) is 0 Å². The van der Waals surface area contributed by atoms with Crippen LogP contribution in [0.4, 0.5) is 17.6 Å². The fourth-order valence-corrected chi connectivity index (χ4v) is 1.60. The van der Waals surface area contributed by atoms with Crippen LogP contribution in [0.3, 0.4) is 0 Å². The second-order valence-electron chi connectivity index (χ2n) is 3.68. The van der Waals surface area contributed by atoms with Crippen molar-refractivity contribution >= 4 is 18.0 Å². The van der Waals surface area contributed by atoms with Gasteiger partial charge in [-0.1, -0.05) is 30.3 Å². The van der Waals surface area contributed by atoms with Crippen LogP contribution in [0.1, 0.15) is 5.56 Å². The molecular formula is C11H9F4O5S-. The highest BCUT2D eigenvalue weighted by Gasteiger charge is 2.65. The molecule has 0 bridgehead atoms. The monoisotopic (exact) mass is 329 g/mol. The Kier molecular flexibility index (Phi) is 6.40. The molecule has 0 aliphatic heterocycles. The van der Waals surface area contributed by atoms with Crippen molar-refractivity contribution in [3.05, 3.63) is 35.9 Å². The lowest BCUT2D eigenvalue weighted by molar-refractivity contribution is -0.777. The van der Waals surface area contributed by atoms with Gasteiger partial charge in [0.25, 0.3) is 0 Å². The zero-order valence-corrected chi connectivity index (χ0v) is 11.1. The summed E-state index contributed by atoms with van der Waals surface area (Å²) in [5.74, 6) is -2.23. The van der Waals surface area contributed by atoms with E-state index in [9.17, 15) is 27.6 Å². The van der Waals surface area contributed by atoms with Crippen LogP contribution in [-0.2, 0) is 25.3 Å². The summed E-state index contributed by atoms with van der Waals surface area (Å²) >= 11 is -1.12. The Balaban J connectivity index is 2.61. The minimum absolute atomic E-state index is 0.101. The van der Waals surface area contributed by atoms with Crippen molar-refractivity contribution in [1.82, 2.24) is 0 Å². The molecular weight excluding hydrogens is 320 g/mol. The summed E-state index contributed by atoms with van der Waals surface area (Å²) in [5, 5.41) is 7.57. The van der Waals surface area contributed by atoms with Crippen molar-refractivity contribution in [3.8, 4) is 0 Å². The van der Waals surface area contributed by atoms with E-state index in [4.69, 9.17) is 0 Å². The van der Waals surface area contributed by atoms with E-state index in [1.807, 2.05) is 0 Å². The lowest BCUT2D eigenvalue weighted by atomic mass is 10.2. The quantitative estimate of drug-likeness (QED) is 0.250. The summed E-state index contributed by atoms with van der Waals surface area (Å²) in [5.41, 5.74) is 0.688. The van der Waals surface area contributed by atoms with Gasteiger partial charge in [0.05, 0.1) is 18.6 Å². The second-order valence-corrected chi connectivity index (χ2v) is 4.55. The number of hydrogen-bond acceptors (Lipinski definition) is 6. The Hall–Kier alpha value is -1.36. The average Bonchev–Trinajstić information content (AvgIpc) is 2.44. The van der Waals surface area contributed by atoms with Gasteiger partial charge in [0.1, 0.15) is 0 Å². The molecule has 0 aromatic heterocycles. The summed E-state index contributed by atoms with van der Waals surface area (Å²) in [6.45, 7) is -0.469. The average molecular weight is 329 g/mol. The van der Waals surface area contributed by atoms with Gasteiger partial charge in [-0.3, -0.25) is 5.04 Å². The van der Waals surface area contributed by atoms with Gasteiger partial charge in [-0.05, 0) is 5.56 Å². The van der Waals surface area contributed by atoms with Crippen LogP contribution in [0.2, 0.25) is 0 Å². The molecule has 0 N–H and O–H groups in total. The summed E-state index contributed by atoms with van der Waals surface area (Å²) in [6.07, 6.45) is -5.54. The van der Waals surface area contributed by atoms with Gasteiger partial charge in [-0.2, -0.15) is 17.5 Å². The molecule has 1 unspecified atom stereocenters. The first-order valence-corrected chi connectivity index (χ1v) is 6.16. The highest BCUT2D eigenvalue weighted by molar-refractivity contribution is 7.96. The molecule has 118 valence electrons. The summed E-state index contributed by atoms with van der Waals surface area (Å²) < 4.78 is 58.6. The van der Waals surface area contributed by atoms with Gasteiger partial charge < -0.3 is 9.99 Å². The van der Waals surface area contributed by atoms with Crippen molar-refractivity contribution in [2.45, 2.75) is 17.6 Å². The van der Waals surface area contributed by atoms with Crippen molar-refractivity contribution in [2.75, 3.05) is 6.61 Å². The standard InChI is InChI=1S/C11H10F4O5S/c12-10(11(13,14)15,21-20-19-17)9(16)18-7-6-8-4-2-1-3-5-8/h1-5,17H,6-7H2/p-1. The lowest BCUT2D eigenvalue weighted by Crippen LogP contribution is -2.46. The maximum absolute atomic E-state index is 13.6. The number of carbonyl (C=O) groups excluding carboxylic acids is 1. The van der Waals surface area contributed by atoms with E-state index < -0.39 is 35.8 Å². The number of ether oxygens (including phenoxy) is 1. The summed E-state index contributed by atoms with van der Waals surface area (Å²) in [7, 11) is 0. The Morgan fingerprint density at radius 3 is 2.33 bits per heavy atom. The number of halogens is 4. The molecule has 0 aliphatic carbocycles. The van der Waals surface area contributed by atoms with Crippen LogP contribution in [0, 0.1) is 0 Å². The molecule has 0 amide bonds. The first-order chi connectivity index (χ1) is 9.81. The van der Waals surface area contributed by atoms with Gasteiger partial charge in [0.15, 0.2) is 0 Å². The molecule has 21 heavy (non-hydrogen) atoms. The van der Waals surface area contributed by atoms with Crippen molar-refractivity contribution in [2.24, 2.45) is 0 Å². The highest BCUT2D eigenvalue weighted by Crippen LogP contribution is 2.44. The predicted octanol–water partition coefficient (Wildman–Crippen LogP) is 1.87. The molecule has 5 nitrogen and oxygen atoms in total. The topological polar surface area (TPSA) is 67.8 Å². The molecule has 1 aromatic carbocycles. The number of alkyl halides is 4. The lowest BCUT2D eigenvalue weighted by Gasteiger charge is -2.23. The third-order valence-electron chi connectivity index (χ3n) is 2.27. The molecule has 1 rings (SSSR count). The Morgan fingerprint density at radius 2 is 1.81 bits per heavy atom. The molecule has 0 saturated carbocycles. The molecule has 1 aromatic rings. The van der Waals surface area contributed by atoms with Gasteiger partial charge in [-0.25, -0.2) is 9.18 Å². The van der Waals surface area contributed by atoms with Crippen LogP contribution in [0.5, 0.6) is 0 Å². The molecule has 0 radical (unpaired) electrons. The van der Waals surface area contributed by atoms with Gasteiger partial charge >= 0.3 is 17.1 Å². The number of hydrogen-bond donors (Lipinski definition) is 0. The number of esters is 1. The fourth-order valence-electron chi connectivity index (χ4n) is 1.26. The van der Waals surface area contributed by atoms with Gasteiger partial charge in [0, 0.05) is 6.42 Å². The van der Waals surface area contributed by atoms with Crippen LogP contribution in [0.15, 0.2) is 30.3 Å². The molecule has 10 heteroatoms. The predicted molar refractivity (Wildman–Crippen MR) is 60.8 cm³/mol. The van der Waals surface area contributed by atoms with Gasteiger partial charge in [0.2, 0.25) is 0 Å². The van der Waals surface area contributed by atoms with E-state index in [2.05, 4.69) is 14.1 Å². The van der Waals surface area contributed by atoms with E-state index in [0.29, 0.717) is 5.56 Å². The minimum Gasteiger partial charge on any atom is -0.691 e. The Bertz CT molecular complexity index is 456. The number of benzene rings is 1. The minimum atomic E-state index is -5.64. The van der Waals surface area contributed by atoms with Crippen LogP contribution in [0.25, 0.3) is 0 Å². The molecule has 0 aliphatic rings. The van der Waals surface area contributed by atoms with Crippen molar-refractivity contribution < 1.29 is 41.7 Å². The molecule has 0 fully saturated rings. The summed E-state index contributed by atoms with van der Waals surface area (Å²) in [4.78, 5) is 11.2. The van der Waals surface area contributed by atoms with Crippen LogP contribution in [-0.4, -0.2) is 23.8 Å². The third kappa shape index (κ3) is 4.84. The Labute approximate surface area is 120 Å². The van der Waals surface area contributed by atoms with E-state index in [1.165, 1.54) is 0 Å². The molecule has 0 spiro atoms. The van der Waals surface area contributed by atoms with E-state index in [-0.39, 0.29) is 6.42 Å². The third-order valence-corrected chi connectivity index (χ3v) is 3.02. The van der Waals surface area contributed by atoms with Crippen LogP contribution < -0.4 is 5.26 Å². The highest BCUT2D eigenvalue weighted by atomic mass is 32.2. The zero-order valence-electron chi connectivity index (χ0n) is 10.3. The zero-order chi connectivity index (χ0) is 15.9. The second kappa shape index (κ2) is 7.59. The van der Waals surface area contributed by atoms with E-state index >= 15 is 0 Å². The molecule has 0 saturated heterocycles. The number of carbonyl (C=O) groups is 1. The first kappa shape index (κ1) is 17.7. The van der Waals surface area contributed by atoms with Crippen molar-refractivity contribution in [3.63, 3.8) is 0 Å². The fraction of sp³-hybridized carbons (Fsp3) is 0.364. The number of rotatable bonds is 7. The largest absolute Gasteiger partial charge is 0.691 e. The molecule has 0 heterocycles. The summed E-state index contributed by atoms with van der Waals surface area (Å²) in [6, 6.07) is 8.40. The van der Waals surface area contributed by atoms with E-state index in [0.717, 1.165) is 0 Å². The Morgan fingerprint density at radius 1 is 1.19 bits per heavy atom. The normalized spacial score (nSPS) is 14.5. The molecule has 1 atom stereocenters. The van der Waals surface area contributed by atoms with E-state index in [1.54, 1.807) is 30.3 Å². The van der Waals surface area contributed by atoms with Crippen molar-refractivity contribution in [1.29, 1.82) is 0 Å². The first-order valence-electron chi connectivity index (χ1n) is 5.42. The van der Waals surface area contributed by atoms with Crippen LogP contribution >= 0.6 is 12.0 Å². The smallest absolute Gasteiger partial charge is 0.446 e. The maximum Gasteiger partial charge on any atom is 0.446 e. The maximum atomic E-state index is 13.6.